The van der Waals surface area contributed by atoms with E-state index in [1.54, 1.807) is 6.07 Å². The van der Waals surface area contributed by atoms with Gasteiger partial charge in [0.25, 0.3) is 0 Å². The Bertz CT molecular complexity index is 239. The van der Waals surface area contributed by atoms with Gasteiger partial charge in [-0.25, -0.2) is 0 Å². The van der Waals surface area contributed by atoms with Crippen LogP contribution in [0.3, 0.4) is 0 Å². The molecule has 11 heavy (non-hydrogen) atoms. The zero-order chi connectivity index (χ0) is 8.27. The lowest BCUT2D eigenvalue weighted by Gasteiger charge is -2.07. The van der Waals surface area contributed by atoms with Crippen LogP contribution in [0.2, 0.25) is 0 Å². The standard InChI is InChI=1S/C8H13N3/c1-3-4-7(2)11-6-5-8(9)10-11/h3,5-7H,1,4H2,2H3,(H2,9,10). The fourth-order valence-electron chi connectivity index (χ4n) is 0.947. The minimum Gasteiger partial charge on any atom is -0.382 e. The highest BCUT2D eigenvalue weighted by atomic mass is 15.3. The van der Waals surface area contributed by atoms with E-state index in [-0.39, 0.29) is 0 Å². The molecule has 1 aromatic heterocycles. The van der Waals surface area contributed by atoms with E-state index in [1.165, 1.54) is 0 Å². The Balaban J connectivity index is 2.67. The first-order valence-electron chi connectivity index (χ1n) is 3.65. The molecule has 1 rings (SSSR count). The molecule has 0 bridgehead atoms. The van der Waals surface area contributed by atoms with E-state index >= 15 is 0 Å². The van der Waals surface area contributed by atoms with Gasteiger partial charge in [0.05, 0.1) is 6.04 Å². The third kappa shape index (κ3) is 1.83. The molecule has 3 nitrogen and oxygen atoms in total. The third-order valence-electron chi connectivity index (χ3n) is 1.59. The molecule has 0 aliphatic carbocycles. The molecule has 0 saturated carbocycles. The lowest BCUT2D eigenvalue weighted by molar-refractivity contribution is 0.498. The van der Waals surface area contributed by atoms with E-state index < -0.39 is 0 Å². The van der Waals surface area contributed by atoms with Crippen LogP contribution in [-0.2, 0) is 0 Å². The van der Waals surface area contributed by atoms with Crippen molar-refractivity contribution in [3.63, 3.8) is 0 Å². The Kier molecular flexibility index (Phi) is 2.31. The van der Waals surface area contributed by atoms with Crippen molar-refractivity contribution < 1.29 is 0 Å². The Morgan fingerprint density at radius 2 is 2.64 bits per heavy atom. The van der Waals surface area contributed by atoms with E-state index in [2.05, 4.69) is 18.6 Å². The summed E-state index contributed by atoms with van der Waals surface area (Å²) >= 11 is 0. The van der Waals surface area contributed by atoms with Crippen molar-refractivity contribution in [2.45, 2.75) is 19.4 Å². The van der Waals surface area contributed by atoms with Crippen LogP contribution < -0.4 is 5.73 Å². The molecule has 0 spiro atoms. The van der Waals surface area contributed by atoms with E-state index in [9.17, 15) is 0 Å². The van der Waals surface area contributed by atoms with E-state index in [0.717, 1.165) is 6.42 Å². The number of nitrogens with zero attached hydrogens (tertiary/aromatic N) is 2. The molecule has 1 atom stereocenters. The van der Waals surface area contributed by atoms with Gasteiger partial charge in [-0.1, -0.05) is 6.08 Å². The first kappa shape index (κ1) is 7.85. The van der Waals surface area contributed by atoms with Gasteiger partial charge in [0, 0.05) is 6.20 Å². The lowest BCUT2D eigenvalue weighted by Crippen LogP contribution is -2.04. The SMILES string of the molecule is C=CCC(C)n1ccc(N)n1. The Labute approximate surface area is 66.5 Å². The second kappa shape index (κ2) is 3.23. The topological polar surface area (TPSA) is 43.8 Å². The van der Waals surface area contributed by atoms with Gasteiger partial charge in [-0.3, -0.25) is 4.68 Å². The molecular weight excluding hydrogens is 138 g/mol. The fraction of sp³-hybridized carbons (Fsp3) is 0.375. The molecule has 0 saturated heterocycles. The lowest BCUT2D eigenvalue weighted by atomic mass is 10.2. The summed E-state index contributed by atoms with van der Waals surface area (Å²) in [6, 6.07) is 2.14. The molecule has 3 heteroatoms. The van der Waals surface area contributed by atoms with Crippen molar-refractivity contribution in [2.75, 3.05) is 5.73 Å². The summed E-state index contributed by atoms with van der Waals surface area (Å²) in [5, 5.41) is 4.08. The molecule has 1 heterocycles. The predicted molar refractivity (Wildman–Crippen MR) is 46.2 cm³/mol. The van der Waals surface area contributed by atoms with Crippen LogP contribution in [0.15, 0.2) is 24.9 Å². The van der Waals surface area contributed by atoms with Crippen molar-refractivity contribution in [3.8, 4) is 0 Å². The van der Waals surface area contributed by atoms with E-state index in [1.807, 2.05) is 17.0 Å². The highest BCUT2D eigenvalue weighted by Crippen LogP contribution is 2.10. The summed E-state index contributed by atoms with van der Waals surface area (Å²) in [5.41, 5.74) is 5.45. The molecule has 1 unspecified atom stereocenters. The van der Waals surface area contributed by atoms with Gasteiger partial charge in [0.15, 0.2) is 0 Å². The molecule has 0 aliphatic rings. The van der Waals surface area contributed by atoms with E-state index in [0.29, 0.717) is 11.9 Å². The number of hydrogen-bond acceptors (Lipinski definition) is 2. The molecule has 0 radical (unpaired) electrons. The van der Waals surface area contributed by atoms with Crippen molar-refractivity contribution in [2.24, 2.45) is 0 Å². The summed E-state index contributed by atoms with van der Waals surface area (Å²) in [4.78, 5) is 0. The van der Waals surface area contributed by atoms with Crippen LogP contribution in [0.25, 0.3) is 0 Å². The maximum absolute atomic E-state index is 5.45. The van der Waals surface area contributed by atoms with Crippen molar-refractivity contribution in [1.29, 1.82) is 0 Å². The van der Waals surface area contributed by atoms with Crippen LogP contribution >= 0.6 is 0 Å². The van der Waals surface area contributed by atoms with Gasteiger partial charge < -0.3 is 5.73 Å². The first-order valence-corrected chi connectivity index (χ1v) is 3.65. The quantitative estimate of drug-likeness (QED) is 0.667. The molecular formula is C8H13N3. The van der Waals surface area contributed by atoms with Crippen LogP contribution in [0.1, 0.15) is 19.4 Å². The van der Waals surface area contributed by atoms with Crippen LogP contribution in [0, 0.1) is 0 Å². The molecule has 0 fully saturated rings. The Morgan fingerprint density at radius 1 is 1.91 bits per heavy atom. The van der Waals surface area contributed by atoms with Crippen molar-refractivity contribution in [1.82, 2.24) is 9.78 Å². The number of anilines is 1. The van der Waals surface area contributed by atoms with Gasteiger partial charge in [-0.2, -0.15) is 5.10 Å². The monoisotopic (exact) mass is 151 g/mol. The minimum absolute atomic E-state index is 0.352. The van der Waals surface area contributed by atoms with Crippen molar-refractivity contribution in [3.05, 3.63) is 24.9 Å². The van der Waals surface area contributed by atoms with Gasteiger partial charge in [-0.05, 0) is 19.4 Å². The predicted octanol–water partition coefficient (Wildman–Crippen LogP) is 1.60. The molecule has 0 aromatic carbocycles. The summed E-state index contributed by atoms with van der Waals surface area (Å²) in [6.07, 6.45) is 4.67. The van der Waals surface area contributed by atoms with Crippen LogP contribution in [0.4, 0.5) is 5.82 Å². The Morgan fingerprint density at radius 3 is 3.09 bits per heavy atom. The number of hydrogen-bond donors (Lipinski definition) is 1. The summed E-state index contributed by atoms with van der Waals surface area (Å²) < 4.78 is 1.84. The Hall–Kier alpha value is -1.25. The summed E-state index contributed by atoms with van der Waals surface area (Å²) in [6.45, 7) is 5.74. The highest BCUT2D eigenvalue weighted by Gasteiger charge is 2.01. The van der Waals surface area contributed by atoms with Gasteiger partial charge in [-0.15, -0.1) is 6.58 Å². The van der Waals surface area contributed by atoms with Crippen LogP contribution in [-0.4, -0.2) is 9.78 Å². The third-order valence-corrected chi connectivity index (χ3v) is 1.59. The smallest absolute Gasteiger partial charge is 0.145 e. The zero-order valence-corrected chi connectivity index (χ0v) is 6.70. The maximum Gasteiger partial charge on any atom is 0.145 e. The van der Waals surface area contributed by atoms with Crippen molar-refractivity contribution >= 4 is 5.82 Å². The second-order valence-electron chi connectivity index (χ2n) is 2.59. The second-order valence-corrected chi connectivity index (χ2v) is 2.59. The normalized spacial score (nSPS) is 12.8. The largest absolute Gasteiger partial charge is 0.382 e. The summed E-state index contributed by atoms with van der Waals surface area (Å²) in [5.74, 6) is 0.570. The molecule has 1 aromatic rings. The number of rotatable bonds is 3. The fourth-order valence-corrected chi connectivity index (χ4v) is 0.947. The number of allylic oxidation sites excluding steroid dienone is 1. The number of nitrogen functional groups attached to an aromatic ring is 1. The van der Waals surface area contributed by atoms with Gasteiger partial charge in [0.1, 0.15) is 5.82 Å². The number of nitrogens with two attached hydrogens (primary N) is 1. The highest BCUT2D eigenvalue weighted by molar-refractivity contribution is 5.23. The molecule has 0 amide bonds. The minimum atomic E-state index is 0.352. The summed E-state index contributed by atoms with van der Waals surface area (Å²) in [7, 11) is 0. The first-order chi connectivity index (χ1) is 5.24. The van der Waals surface area contributed by atoms with Gasteiger partial charge in [0.2, 0.25) is 0 Å². The molecule has 60 valence electrons. The average Bonchev–Trinajstić information content (AvgIpc) is 2.36. The average molecular weight is 151 g/mol. The number of aromatic nitrogens is 2. The van der Waals surface area contributed by atoms with E-state index in [4.69, 9.17) is 5.73 Å². The van der Waals surface area contributed by atoms with Crippen LogP contribution in [0.5, 0.6) is 0 Å². The molecule has 2 N–H and O–H groups in total. The zero-order valence-electron chi connectivity index (χ0n) is 6.70. The molecule has 0 aliphatic heterocycles. The van der Waals surface area contributed by atoms with Gasteiger partial charge >= 0.3 is 0 Å². The maximum atomic E-state index is 5.45.